The zero-order valence-corrected chi connectivity index (χ0v) is 13.7. The Morgan fingerprint density at radius 3 is 2.54 bits per heavy atom. The number of benzene rings is 1. The number of alkyl halides is 3. The van der Waals surface area contributed by atoms with Gasteiger partial charge in [0.1, 0.15) is 11.7 Å². The molecule has 0 radical (unpaired) electrons. The monoisotopic (exact) mass is 388 g/mol. The number of aliphatic hydroxyl groups is 1. The predicted molar refractivity (Wildman–Crippen MR) is 84.0 cm³/mol. The third-order valence-corrected chi connectivity index (χ3v) is 4.94. The summed E-state index contributed by atoms with van der Waals surface area (Å²) in [7, 11) is 0. The molecule has 1 aromatic heterocycles. The lowest BCUT2D eigenvalue weighted by atomic mass is 9.78. The fourth-order valence-corrected chi connectivity index (χ4v) is 3.59. The molecule has 2 aromatic rings. The van der Waals surface area contributed by atoms with Crippen molar-refractivity contribution >= 4 is 23.2 Å². The van der Waals surface area contributed by atoms with E-state index < -0.39 is 41.5 Å². The Morgan fingerprint density at radius 2 is 1.96 bits per heavy atom. The van der Waals surface area contributed by atoms with Gasteiger partial charge in [0.15, 0.2) is 5.78 Å². The molecule has 0 aliphatic carbocycles. The van der Waals surface area contributed by atoms with Crippen LogP contribution in [0.2, 0.25) is 0 Å². The van der Waals surface area contributed by atoms with Crippen molar-refractivity contribution < 1.29 is 32.3 Å². The van der Waals surface area contributed by atoms with E-state index in [4.69, 9.17) is 0 Å². The maximum Gasteiger partial charge on any atom is 0.437 e. The summed E-state index contributed by atoms with van der Waals surface area (Å²) in [4.78, 5) is 24.5. The molecule has 138 valence electrons. The van der Waals surface area contributed by atoms with Gasteiger partial charge in [-0.05, 0) is 29.1 Å². The minimum Gasteiger partial charge on any atom is -0.363 e. The van der Waals surface area contributed by atoms with Crippen molar-refractivity contribution in [2.75, 3.05) is 0 Å². The molecule has 1 aromatic carbocycles. The van der Waals surface area contributed by atoms with Gasteiger partial charge in [0.25, 0.3) is 0 Å². The van der Waals surface area contributed by atoms with Gasteiger partial charge in [-0.25, -0.2) is 9.18 Å². The first kappa shape index (κ1) is 18.3. The fraction of sp³-hybridized carbons (Fsp3) is 0.250. The Morgan fingerprint density at radius 1 is 1.23 bits per heavy atom. The van der Waals surface area contributed by atoms with Crippen molar-refractivity contribution in [3.05, 3.63) is 58.0 Å². The van der Waals surface area contributed by atoms with Gasteiger partial charge in [0, 0.05) is 0 Å². The highest BCUT2D eigenvalue weighted by molar-refractivity contribution is 7.12. The zero-order valence-electron chi connectivity index (χ0n) is 12.9. The number of urea groups is 1. The number of hydrogen-bond acceptors (Lipinski definition) is 4. The van der Waals surface area contributed by atoms with Gasteiger partial charge in [-0.1, -0.05) is 18.2 Å². The Balaban J connectivity index is 2.16. The molecule has 1 aliphatic heterocycles. The number of nitrogens with one attached hydrogen (secondary N) is 2. The first-order valence-electron chi connectivity index (χ1n) is 7.34. The number of ketones is 1. The van der Waals surface area contributed by atoms with E-state index in [1.807, 2.05) is 0 Å². The molecule has 2 heterocycles. The highest BCUT2D eigenvalue weighted by Gasteiger charge is 2.66. The highest BCUT2D eigenvalue weighted by atomic mass is 32.1. The predicted octanol–water partition coefficient (Wildman–Crippen LogP) is 2.99. The Bertz CT molecular complexity index is 840. The van der Waals surface area contributed by atoms with E-state index in [-0.39, 0.29) is 10.4 Å². The second kappa shape index (κ2) is 6.36. The molecule has 3 N–H and O–H groups in total. The molecule has 1 aliphatic rings. The lowest BCUT2D eigenvalue weighted by Crippen LogP contribution is -2.72. The number of amides is 2. The van der Waals surface area contributed by atoms with Gasteiger partial charge < -0.3 is 15.7 Å². The van der Waals surface area contributed by atoms with Crippen LogP contribution in [0.4, 0.5) is 22.4 Å². The summed E-state index contributed by atoms with van der Waals surface area (Å²) in [6, 6.07) is 4.35. The van der Waals surface area contributed by atoms with Gasteiger partial charge in [0.2, 0.25) is 5.72 Å². The molecule has 0 saturated carbocycles. The minimum absolute atomic E-state index is 0.0305. The first-order valence-corrected chi connectivity index (χ1v) is 8.22. The van der Waals surface area contributed by atoms with Crippen LogP contribution in [0.1, 0.15) is 21.3 Å². The normalized spacial score (nSPS) is 26.1. The van der Waals surface area contributed by atoms with Crippen molar-refractivity contribution in [2.24, 2.45) is 5.92 Å². The van der Waals surface area contributed by atoms with Gasteiger partial charge in [-0.3, -0.25) is 4.79 Å². The van der Waals surface area contributed by atoms with Crippen molar-refractivity contribution in [1.82, 2.24) is 10.6 Å². The number of halogens is 4. The van der Waals surface area contributed by atoms with Crippen LogP contribution in [-0.4, -0.2) is 28.8 Å². The lowest BCUT2D eigenvalue weighted by molar-refractivity contribution is -0.287. The van der Waals surface area contributed by atoms with Crippen molar-refractivity contribution in [3.8, 4) is 0 Å². The summed E-state index contributed by atoms with van der Waals surface area (Å²) in [5.41, 5.74) is -3.88. The van der Waals surface area contributed by atoms with Crippen LogP contribution < -0.4 is 10.6 Å². The molecule has 1 saturated heterocycles. The first-order chi connectivity index (χ1) is 12.1. The van der Waals surface area contributed by atoms with E-state index in [9.17, 15) is 32.3 Å². The van der Waals surface area contributed by atoms with E-state index >= 15 is 0 Å². The van der Waals surface area contributed by atoms with Crippen LogP contribution in [0.3, 0.4) is 0 Å². The summed E-state index contributed by atoms with van der Waals surface area (Å²) in [6.07, 6.45) is -5.34. The fourth-order valence-electron chi connectivity index (χ4n) is 2.89. The SMILES string of the molecule is O=C1N[C@@H](c2cccc(F)c2)[C@H](C(=O)c2cccs2)[C@](O)(C(F)(F)F)N1. The quantitative estimate of drug-likeness (QED) is 0.559. The molecule has 3 rings (SSSR count). The Labute approximate surface area is 148 Å². The van der Waals surface area contributed by atoms with Crippen LogP contribution in [0.5, 0.6) is 0 Å². The molecule has 0 bridgehead atoms. The molecular weight excluding hydrogens is 376 g/mol. The summed E-state index contributed by atoms with van der Waals surface area (Å²) < 4.78 is 54.4. The van der Waals surface area contributed by atoms with Gasteiger partial charge in [-0.2, -0.15) is 13.2 Å². The number of thiophene rings is 1. The maximum absolute atomic E-state index is 13.6. The number of rotatable bonds is 3. The van der Waals surface area contributed by atoms with Crippen LogP contribution in [0.15, 0.2) is 41.8 Å². The molecule has 0 spiro atoms. The molecular formula is C16H12F4N2O3S. The van der Waals surface area contributed by atoms with Crippen LogP contribution >= 0.6 is 11.3 Å². The standard InChI is InChI=1S/C16H12F4N2O3S/c17-9-4-1-3-8(7-9)12-11(13(23)10-5-2-6-26-10)15(25,16(18,19)20)22-14(24)21-12/h1-7,11-12,25H,(H2,21,22,24)/t11-,12+,15+/m1/s1. The Hall–Kier alpha value is -2.46. The Kier molecular flexibility index (Phi) is 4.49. The number of carbonyl (C=O) groups is 2. The average Bonchev–Trinajstić information content (AvgIpc) is 3.07. The maximum atomic E-state index is 13.6. The summed E-state index contributed by atoms with van der Waals surface area (Å²) in [5.74, 6) is -3.93. The second-order valence-electron chi connectivity index (χ2n) is 5.71. The lowest BCUT2D eigenvalue weighted by Gasteiger charge is -2.44. The highest BCUT2D eigenvalue weighted by Crippen LogP contribution is 2.44. The number of Topliss-reactive ketones (excluding diaryl/α,β-unsaturated/α-hetero) is 1. The molecule has 0 unspecified atom stereocenters. The number of hydrogen-bond donors (Lipinski definition) is 3. The van der Waals surface area contributed by atoms with Gasteiger partial charge in [-0.15, -0.1) is 11.3 Å². The van der Waals surface area contributed by atoms with E-state index in [1.165, 1.54) is 35.0 Å². The zero-order chi connectivity index (χ0) is 19.1. The van der Waals surface area contributed by atoms with Gasteiger partial charge >= 0.3 is 12.2 Å². The second-order valence-corrected chi connectivity index (χ2v) is 6.66. The van der Waals surface area contributed by atoms with Crippen LogP contribution in [0.25, 0.3) is 0 Å². The van der Waals surface area contributed by atoms with E-state index in [0.29, 0.717) is 0 Å². The molecule has 1 fully saturated rings. The summed E-state index contributed by atoms with van der Waals surface area (Å²) >= 11 is 0.895. The van der Waals surface area contributed by atoms with E-state index in [0.717, 1.165) is 23.5 Å². The minimum atomic E-state index is -5.34. The smallest absolute Gasteiger partial charge is 0.363 e. The van der Waals surface area contributed by atoms with Crippen LogP contribution in [-0.2, 0) is 0 Å². The van der Waals surface area contributed by atoms with Crippen molar-refractivity contribution in [2.45, 2.75) is 17.9 Å². The van der Waals surface area contributed by atoms with Crippen LogP contribution in [0, 0.1) is 11.7 Å². The van der Waals surface area contributed by atoms with E-state index in [1.54, 1.807) is 0 Å². The van der Waals surface area contributed by atoms with Crippen molar-refractivity contribution in [3.63, 3.8) is 0 Å². The molecule has 10 heteroatoms. The summed E-state index contributed by atoms with van der Waals surface area (Å²) in [6.45, 7) is 0. The molecule has 26 heavy (non-hydrogen) atoms. The third-order valence-electron chi connectivity index (χ3n) is 4.06. The molecule has 3 atom stereocenters. The third kappa shape index (κ3) is 3.06. The topological polar surface area (TPSA) is 78.4 Å². The summed E-state index contributed by atoms with van der Waals surface area (Å²) in [5, 5.41) is 15.4. The molecule has 5 nitrogen and oxygen atoms in total. The van der Waals surface area contributed by atoms with Crippen molar-refractivity contribution in [1.29, 1.82) is 0 Å². The average molecular weight is 388 g/mol. The number of carbonyl (C=O) groups excluding carboxylic acids is 2. The molecule has 2 amide bonds. The largest absolute Gasteiger partial charge is 0.437 e. The van der Waals surface area contributed by atoms with Gasteiger partial charge in [0.05, 0.1) is 10.9 Å². The van der Waals surface area contributed by atoms with E-state index in [2.05, 4.69) is 5.32 Å².